The molecule has 1 atom stereocenters. The number of carbonyl (C=O) groups excluding carboxylic acids is 2. The minimum absolute atomic E-state index is 0.0616. The maximum absolute atomic E-state index is 12.4. The number of hydrogen-bond donors (Lipinski definition) is 1. The summed E-state index contributed by atoms with van der Waals surface area (Å²) in [4.78, 5) is 30.1. The molecule has 1 unspecified atom stereocenters. The van der Waals surface area contributed by atoms with Crippen LogP contribution in [-0.4, -0.2) is 44.4 Å². The zero-order valence-electron chi connectivity index (χ0n) is 13.5. The van der Waals surface area contributed by atoms with Crippen LogP contribution in [0.2, 0.25) is 0 Å². The van der Waals surface area contributed by atoms with Gasteiger partial charge >= 0.3 is 0 Å². The predicted octanol–water partition coefficient (Wildman–Crippen LogP) is 2.18. The van der Waals surface area contributed by atoms with E-state index in [0.717, 1.165) is 23.7 Å². The topological polar surface area (TPSA) is 67.2 Å². The van der Waals surface area contributed by atoms with Gasteiger partial charge in [0.1, 0.15) is 11.9 Å². The average molecular weight is 344 g/mol. The minimum atomic E-state index is -0.303. The molecule has 2 aromatic rings. The van der Waals surface area contributed by atoms with Gasteiger partial charge in [0.25, 0.3) is 5.24 Å². The van der Waals surface area contributed by atoms with Crippen LogP contribution in [0.5, 0.6) is 0 Å². The third kappa shape index (κ3) is 3.79. The van der Waals surface area contributed by atoms with Gasteiger partial charge in [0.2, 0.25) is 5.91 Å². The van der Waals surface area contributed by atoms with Crippen molar-refractivity contribution >= 4 is 22.9 Å². The van der Waals surface area contributed by atoms with Crippen LogP contribution >= 0.6 is 11.8 Å². The first-order valence-corrected chi connectivity index (χ1v) is 8.87. The molecule has 1 aliphatic rings. The average Bonchev–Trinajstić information content (AvgIpc) is 3.20. The summed E-state index contributed by atoms with van der Waals surface area (Å²) in [5.41, 5.74) is 0.980. The molecular weight excluding hydrogens is 324 g/mol. The lowest BCUT2D eigenvalue weighted by atomic mass is 10.1. The molecule has 1 aromatic heterocycles. The predicted molar refractivity (Wildman–Crippen MR) is 93.7 cm³/mol. The molecule has 0 saturated carbocycles. The van der Waals surface area contributed by atoms with Gasteiger partial charge in [-0.1, -0.05) is 42.1 Å². The van der Waals surface area contributed by atoms with Gasteiger partial charge in [-0.05, 0) is 5.56 Å². The first-order chi connectivity index (χ1) is 11.6. The van der Waals surface area contributed by atoms with Crippen molar-refractivity contribution in [1.82, 2.24) is 19.8 Å². The molecule has 1 fully saturated rings. The number of nitrogens with one attached hydrogen (secondary N) is 1. The van der Waals surface area contributed by atoms with Crippen molar-refractivity contribution in [2.75, 3.05) is 18.8 Å². The lowest BCUT2D eigenvalue weighted by Gasteiger charge is -2.20. The van der Waals surface area contributed by atoms with Gasteiger partial charge in [-0.15, -0.1) is 0 Å². The first-order valence-electron chi connectivity index (χ1n) is 7.88. The number of aryl methyl sites for hydroxylation is 1. The third-order valence-electron chi connectivity index (χ3n) is 4.01. The highest BCUT2D eigenvalue weighted by Crippen LogP contribution is 2.21. The number of nitrogens with zero attached hydrogens (tertiary/aromatic N) is 3. The molecule has 3 rings (SSSR count). The van der Waals surface area contributed by atoms with Crippen molar-refractivity contribution in [3.63, 3.8) is 0 Å². The Morgan fingerprint density at radius 3 is 2.79 bits per heavy atom. The molecule has 0 bridgehead atoms. The van der Waals surface area contributed by atoms with E-state index in [1.807, 2.05) is 48.1 Å². The van der Waals surface area contributed by atoms with Crippen LogP contribution < -0.4 is 5.32 Å². The zero-order chi connectivity index (χ0) is 16.9. The second kappa shape index (κ2) is 7.53. The van der Waals surface area contributed by atoms with Crippen molar-refractivity contribution in [2.24, 2.45) is 7.05 Å². The molecule has 126 valence electrons. The maximum Gasteiger partial charge on any atom is 0.281 e. The first kappa shape index (κ1) is 16.6. The number of rotatable bonds is 6. The Morgan fingerprint density at radius 2 is 2.17 bits per heavy atom. The van der Waals surface area contributed by atoms with Gasteiger partial charge in [-0.3, -0.25) is 9.59 Å². The standard InChI is InChI=1S/C17H20N4O2S/c1-20-10-8-18-16(20)15(13-5-3-2-4-6-13)19-14(22)7-9-21-11-12-24-17(21)23/h2-6,8,10,15H,7,9,11-12H2,1H3,(H,19,22). The molecule has 2 heterocycles. The molecule has 0 spiro atoms. The Balaban J connectivity index is 1.69. The van der Waals surface area contributed by atoms with Gasteiger partial charge in [0, 0.05) is 44.7 Å². The maximum atomic E-state index is 12.4. The summed E-state index contributed by atoms with van der Waals surface area (Å²) >= 11 is 1.31. The van der Waals surface area contributed by atoms with Crippen LogP contribution in [0.1, 0.15) is 23.9 Å². The van der Waals surface area contributed by atoms with E-state index in [1.165, 1.54) is 11.8 Å². The van der Waals surface area contributed by atoms with Crippen LogP contribution in [0.15, 0.2) is 42.7 Å². The van der Waals surface area contributed by atoms with Crippen molar-refractivity contribution in [1.29, 1.82) is 0 Å². The summed E-state index contributed by atoms with van der Waals surface area (Å²) in [5, 5.41) is 3.11. The fourth-order valence-corrected chi connectivity index (χ4v) is 3.55. The highest BCUT2D eigenvalue weighted by Gasteiger charge is 2.23. The van der Waals surface area contributed by atoms with Crippen molar-refractivity contribution in [3.8, 4) is 0 Å². The van der Waals surface area contributed by atoms with E-state index < -0.39 is 0 Å². The SMILES string of the molecule is Cn1ccnc1C(NC(=O)CCN1CCSC1=O)c1ccccc1. The van der Waals surface area contributed by atoms with Crippen LogP contribution in [0, 0.1) is 0 Å². The van der Waals surface area contributed by atoms with Crippen LogP contribution in [0.4, 0.5) is 4.79 Å². The summed E-state index contributed by atoms with van der Waals surface area (Å²) < 4.78 is 1.90. The van der Waals surface area contributed by atoms with Crippen molar-refractivity contribution < 1.29 is 9.59 Å². The number of carbonyl (C=O) groups is 2. The highest BCUT2D eigenvalue weighted by atomic mass is 32.2. The molecule has 1 aromatic carbocycles. The zero-order valence-corrected chi connectivity index (χ0v) is 14.3. The van der Waals surface area contributed by atoms with E-state index in [1.54, 1.807) is 11.1 Å². The Labute approximate surface area is 145 Å². The quantitative estimate of drug-likeness (QED) is 0.872. The summed E-state index contributed by atoms with van der Waals surface area (Å²) in [6.45, 7) is 1.18. The number of hydrogen-bond acceptors (Lipinski definition) is 4. The van der Waals surface area contributed by atoms with Gasteiger partial charge in [-0.2, -0.15) is 0 Å². The fraction of sp³-hybridized carbons (Fsp3) is 0.353. The van der Waals surface area contributed by atoms with E-state index in [4.69, 9.17) is 0 Å². The van der Waals surface area contributed by atoms with Gasteiger partial charge < -0.3 is 14.8 Å². The Kier molecular flexibility index (Phi) is 5.20. The smallest absolute Gasteiger partial charge is 0.281 e. The summed E-state index contributed by atoms with van der Waals surface area (Å²) in [6, 6.07) is 9.47. The molecule has 0 radical (unpaired) electrons. The number of imidazole rings is 1. The van der Waals surface area contributed by atoms with E-state index in [0.29, 0.717) is 13.0 Å². The van der Waals surface area contributed by atoms with E-state index in [9.17, 15) is 9.59 Å². The van der Waals surface area contributed by atoms with Gasteiger partial charge in [0.05, 0.1) is 0 Å². The van der Waals surface area contributed by atoms with Crippen molar-refractivity contribution in [3.05, 3.63) is 54.1 Å². The molecule has 1 aliphatic heterocycles. The largest absolute Gasteiger partial charge is 0.342 e. The molecule has 7 heteroatoms. The van der Waals surface area contributed by atoms with E-state index in [-0.39, 0.29) is 17.2 Å². The van der Waals surface area contributed by atoms with Crippen LogP contribution in [-0.2, 0) is 11.8 Å². The Bertz CT molecular complexity index is 716. The third-order valence-corrected chi connectivity index (χ3v) is 4.90. The summed E-state index contributed by atoms with van der Waals surface area (Å²) in [7, 11) is 1.91. The summed E-state index contributed by atoms with van der Waals surface area (Å²) in [6.07, 6.45) is 3.87. The molecular formula is C17H20N4O2S. The second-order valence-corrected chi connectivity index (χ2v) is 6.71. The number of amides is 2. The molecule has 1 saturated heterocycles. The molecule has 24 heavy (non-hydrogen) atoms. The van der Waals surface area contributed by atoms with Gasteiger partial charge in [-0.25, -0.2) is 4.98 Å². The Hall–Kier alpha value is -2.28. The highest BCUT2D eigenvalue weighted by molar-refractivity contribution is 8.13. The van der Waals surface area contributed by atoms with Gasteiger partial charge in [0.15, 0.2) is 0 Å². The van der Waals surface area contributed by atoms with E-state index >= 15 is 0 Å². The van der Waals surface area contributed by atoms with Crippen LogP contribution in [0.3, 0.4) is 0 Å². The second-order valence-electron chi connectivity index (χ2n) is 5.66. The minimum Gasteiger partial charge on any atom is -0.342 e. The Morgan fingerprint density at radius 1 is 1.38 bits per heavy atom. The van der Waals surface area contributed by atoms with Crippen LogP contribution in [0.25, 0.3) is 0 Å². The lowest BCUT2D eigenvalue weighted by molar-refractivity contribution is -0.121. The molecule has 6 nitrogen and oxygen atoms in total. The number of benzene rings is 1. The number of aromatic nitrogens is 2. The van der Waals surface area contributed by atoms with E-state index in [2.05, 4.69) is 10.3 Å². The molecule has 2 amide bonds. The molecule has 1 N–H and O–H groups in total. The molecule has 0 aliphatic carbocycles. The normalized spacial score (nSPS) is 15.5. The van der Waals surface area contributed by atoms with Crippen molar-refractivity contribution in [2.45, 2.75) is 12.5 Å². The summed E-state index contributed by atoms with van der Waals surface area (Å²) in [5.74, 6) is 1.50. The monoisotopic (exact) mass is 344 g/mol. The number of thioether (sulfide) groups is 1. The fourth-order valence-electron chi connectivity index (χ4n) is 2.70. The lowest BCUT2D eigenvalue weighted by Crippen LogP contribution is -2.34.